The Morgan fingerprint density at radius 2 is 2.03 bits per heavy atom. The van der Waals surface area contributed by atoms with E-state index < -0.39 is 11.0 Å². The van der Waals surface area contributed by atoms with Crippen LogP contribution < -0.4 is 5.32 Å². The number of nitro groups is 1. The molecule has 1 aliphatic carbocycles. The third kappa shape index (κ3) is 3.77. The Morgan fingerprint density at radius 1 is 1.22 bits per heavy atom. The van der Waals surface area contributed by atoms with Gasteiger partial charge in [0.1, 0.15) is 11.9 Å². The Hall–Kier alpha value is -3.53. The summed E-state index contributed by atoms with van der Waals surface area (Å²) in [5.41, 5.74) is 2.98. The van der Waals surface area contributed by atoms with Crippen molar-refractivity contribution in [2.75, 3.05) is 5.32 Å². The Labute approximate surface area is 186 Å². The van der Waals surface area contributed by atoms with Gasteiger partial charge in [-0.05, 0) is 48.2 Å². The van der Waals surface area contributed by atoms with Crippen molar-refractivity contribution >= 4 is 29.2 Å². The van der Waals surface area contributed by atoms with Crippen molar-refractivity contribution in [2.24, 2.45) is 0 Å². The van der Waals surface area contributed by atoms with Crippen LogP contribution in [-0.2, 0) is 10.5 Å². The molecule has 1 N–H and O–H groups in total. The van der Waals surface area contributed by atoms with Crippen molar-refractivity contribution in [3.8, 4) is 0 Å². The third-order valence-corrected chi connectivity index (χ3v) is 6.43. The van der Waals surface area contributed by atoms with Crippen LogP contribution in [0.4, 0.5) is 16.0 Å². The molecular formula is C22H18FN5O3S. The van der Waals surface area contributed by atoms with Gasteiger partial charge in [-0.15, -0.1) is 5.10 Å². The molecule has 0 unspecified atom stereocenters. The van der Waals surface area contributed by atoms with Gasteiger partial charge >= 0.3 is 0 Å². The second kappa shape index (κ2) is 8.19. The van der Waals surface area contributed by atoms with Gasteiger partial charge in [0.2, 0.25) is 11.1 Å². The molecule has 0 amide bonds. The van der Waals surface area contributed by atoms with Crippen LogP contribution in [0.3, 0.4) is 0 Å². The smallest absolute Gasteiger partial charge is 0.269 e. The summed E-state index contributed by atoms with van der Waals surface area (Å²) >= 11 is 1.37. The SMILES string of the molecule is O=C1CCCC2=C1[C@@H](c1ccc([N+](=O)[O-])cc1)n1nc(SCc3cccc(F)c3)nc1N2. The first kappa shape index (κ1) is 20.4. The number of carbonyl (C=O) groups excluding carboxylic acids is 1. The highest BCUT2D eigenvalue weighted by molar-refractivity contribution is 7.98. The van der Waals surface area contributed by atoms with E-state index in [1.807, 2.05) is 6.07 Å². The molecule has 0 saturated carbocycles. The number of carbonyl (C=O) groups is 1. The van der Waals surface area contributed by atoms with Gasteiger partial charge in [0, 0.05) is 35.6 Å². The molecule has 1 atom stereocenters. The van der Waals surface area contributed by atoms with E-state index in [1.165, 1.54) is 36.0 Å². The van der Waals surface area contributed by atoms with Crippen molar-refractivity contribution in [1.29, 1.82) is 0 Å². The first-order valence-corrected chi connectivity index (χ1v) is 11.1. The summed E-state index contributed by atoms with van der Waals surface area (Å²) in [5, 5.41) is 19.4. The van der Waals surface area contributed by atoms with E-state index in [9.17, 15) is 19.3 Å². The molecule has 2 heterocycles. The van der Waals surface area contributed by atoms with Gasteiger partial charge in [0.15, 0.2) is 5.78 Å². The summed E-state index contributed by atoms with van der Waals surface area (Å²) in [6.45, 7) is 0. The van der Waals surface area contributed by atoms with Crippen LogP contribution in [0.15, 0.2) is 65.0 Å². The number of nitro benzene ring substituents is 1. The molecule has 8 nitrogen and oxygen atoms in total. The molecule has 32 heavy (non-hydrogen) atoms. The molecule has 5 rings (SSSR count). The fraction of sp³-hybridized carbons (Fsp3) is 0.227. The molecule has 0 spiro atoms. The van der Waals surface area contributed by atoms with Crippen molar-refractivity contribution in [2.45, 2.75) is 36.2 Å². The van der Waals surface area contributed by atoms with Gasteiger partial charge in [-0.3, -0.25) is 14.9 Å². The Morgan fingerprint density at radius 3 is 2.78 bits per heavy atom. The average molecular weight is 451 g/mol. The number of aromatic nitrogens is 3. The zero-order chi connectivity index (χ0) is 22.2. The number of non-ortho nitro benzene ring substituents is 1. The molecule has 2 aliphatic rings. The molecule has 2 aromatic carbocycles. The van der Waals surface area contributed by atoms with E-state index >= 15 is 0 Å². The van der Waals surface area contributed by atoms with Gasteiger partial charge < -0.3 is 5.32 Å². The lowest BCUT2D eigenvalue weighted by molar-refractivity contribution is -0.384. The predicted molar refractivity (Wildman–Crippen MR) is 117 cm³/mol. The molecule has 0 radical (unpaired) electrons. The highest BCUT2D eigenvalue weighted by Crippen LogP contribution is 2.41. The Bertz CT molecular complexity index is 1250. The van der Waals surface area contributed by atoms with Crippen molar-refractivity contribution in [1.82, 2.24) is 14.8 Å². The lowest BCUT2D eigenvalue weighted by atomic mass is 9.85. The van der Waals surface area contributed by atoms with E-state index in [0.29, 0.717) is 28.9 Å². The number of anilines is 1. The van der Waals surface area contributed by atoms with E-state index in [1.54, 1.807) is 22.9 Å². The van der Waals surface area contributed by atoms with Crippen molar-refractivity contribution < 1.29 is 14.1 Å². The maximum Gasteiger partial charge on any atom is 0.269 e. The average Bonchev–Trinajstić information content (AvgIpc) is 3.19. The quantitative estimate of drug-likeness (QED) is 0.342. The minimum Gasteiger partial charge on any atom is -0.328 e. The summed E-state index contributed by atoms with van der Waals surface area (Å²) in [5.74, 6) is 0.756. The fourth-order valence-corrected chi connectivity index (χ4v) is 4.83. The number of fused-ring (bicyclic) bond motifs is 1. The number of benzene rings is 2. The van der Waals surface area contributed by atoms with Crippen LogP contribution in [0, 0.1) is 15.9 Å². The summed E-state index contributed by atoms with van der Waals surface area (Å²) in [7, 11) is 0. The first-order chi connectivity index (χ1) is 15.5. The number of halogens is 1. The number of Topliss-reactive ketones (excluding diaryl/α,β-unsaturated/α-hetero) is 1. The number of allylic oxidation sites excluding steroid dienone is 2. The van der Waals surface area contributed by atoms with Gasteiger partial charge in [-0.25, -0.2) is 9.07 Å². The molecule has 10 heteroatoms. The zero-order valence-electron chi connectivity index (χ0n) is 16.8. The fourth-order valence-electron chi connectivity index (χ4n) is 4.06. The van der Waals surface area contributed by atoms with E-state index in [-0.39, 0.29) is 17.3 Å². The number of thioether (sulfide) groups is 1. The minimum absolute atomic E-state index is 0.0167. The molecule has 0 fully saturated rings. The number of hydrogen-bond donors (Lipinski definition) is 1. The van der Waals surface area contributed by atoms with Crippen LogP contribution in [0.1, 0.15) is 36.4 Å². The topological polar surface area (TPSA) is 103 Å². The number of rotatable bonds is 5. The number of nitrogens with one attached hydrogen (secondary N) is 1. The van der Waals surface area contributed by atoms with Crippen molar-refractivity contribution in [3.63, 3.8) is 0 Å². The summed E-state index contributed by atoms with van der Waals surface area (Å²) in [4.78, 5) is 28.0. The maximum atomic E-state index is 13.5. The van der Waals surface area contributed by atoms with Gasteiger partial charge in [0.05, 0.1) is 4.92 Å². The van der Waals surface area contributed by atoms with Crippen LogP contribution >= 0.6 is 11.8 Å². The number of nitrogens with zero attached hydrogens (tertiary/aromatic N) is 4. The predicted octanol–water partition coefficient (Wildman–Crippen LogP) is 4.64. The molecule has 0 saturated heterocycles. The summed E-state index contributed by atoms with van der Waals surface area (Å²) in [6.07, 6.45) is 1.94. The largest absolute Gasteiger partial charge is 0.328 e. The van der Waals surface area contributed by atoms with Crippen LogP contribution in [0.25, 0.3) is 0 Å². The first-order valence-electron chi connectivity index (χ1n) is 10.1. The highest BCUT2D eigenvalue weighted by Gasteiger charge is 2.37. The monoisotopic (exact) mass is 451 g/mol. The third-order valence-electron chi connectivity index (χ3n) is 5.53. The second-order valence-electron chi connectivity index (χ2n) is 7.63. The molecule has 3 aromatic rings. The lowest BCUT2D eigenvalue weighted by Gasteiger charge is -2.32. The van der Waals surface area contributed by atoms with E-state index in [4.69, 9.17) is 0 Å². The minimum atomic E-state index is -0.508. The number of ketones is 1. The molecule has 1 aliphatic heterocycles. The summed E-state index contributed by atoms with van der Waals surface area (Å²) < 4.78 is 15.1. The van der Waals surface area contributed by atoms with E-state index in [0.717, 1.165) is 29.7 Å². The molecule has 1 aromatic heterocycles. The molecule has 0 bridgehead atoms. The standard InChI is InChI=1S/C22H18FN5O3S/c23-15-4-1-3-13(11-15)12-32-22-25-21-24-17-5-2-6-18(29)19(17)20(27(21)26-22)14-7-9-16(10-8-14)28(30)31/h1,3-4,7-11,20H,2,5-6,12H2,(H,24,25,26)/t20-/m1/s1. The second-order valence-corrected chi connectivity index (χ2v) is 8.57. The molecular weight excluding hydrogens is 433 g/mol. The van der Waals surface area contributed by atoms with Gasteiger partial charge in [-0.2, -0.15) is 4.98 Å². The van der Waals surface area contributed by atoms with Crippen LogP contribution in [0.2, 0.25) is 0 Å². The normalized spacial score (nSPS) is 17.5. The van der Waals surface area contributed by atoms with E-state index in [2.05, 4.69) is 15.4 Å². The van der Waals surface area contributed by atoms with Gasteiger partial charge in [-0.1, -0.05) is 23.9 Å². The summed E-state index contributed by atoms with van der Waals surface area (Å²) in [6, 6.07) is 12.0. The highest BCUT2D eigenvalue weighted by atomic mass is 32.2. The lowest BCUT2D eigenvalue weighted by Crippen LogP contribution is -2.31. The molecule has 162 valence electrons. The van der Waals surface area contributed by atoms with Crippen LogP contribution in [-0.4, -0.2) is 25.5 Å². The zero-order valence-corrected chi connectivity index (χ0v) is 17.6. The van der Waals surface area contributed by atoms with Crippen LogP contribution in [0.5, 0.6) is 0 Å². The Balaban J connectivity index is 1.50. The Kier molecular flexibility index (Phi) is 5.22. The maximum absolute atomic E-state index is 13.5. The van der Waals surface area contributed by atoms with Gasteiger partial charge in [0.25, 0.3) is 5.69 Å². The number of hydrogen-bond acceptors (Lipinski definition) is 7. The van der Waals surface area contributed by atoms with Crippen molar-refractivity contribution in [3.05, 3.63) is 86.9 Å².